The van der Waals surface area contributed by atoms with Gasteiger partial charge in [-0.15, -0.1) is 0 Å². The Morgan fingerprint density at radius 1 is 1.44 bits per heavy atom. The van der Waals surface area contributed by atoms with Crippen LogP contribution in [0.4, 0.5) is 0 Å². The summed E-state index contributed by atoms with van der Waals surface area (Å²) in [5.41, 5.74) is 1.12. The molecule has 0 unspecified atom stereocenters. The number of H-pyrrole nitrogens is 1. The maximum absolute atomic E-state index is 11.1. The van der Waals surface area contributed by atoms with Gasteiger partial charge in [-0.25, -0.2) is 9.78 Å². The zero-order chi connectivity index (χ0) is 13.3. The summed E-state index contributed by atoms with van der Waals surface area (Å²) >= 11 is 0. The summed E-state index contributed by atoms with van der Waals surface area (Å²) in [6.45, 7) is 6.20. The van der Waals surface area contributed by atoms with Gasteiger partial charge in [-0.2, -0.15) is 0 Å². The zero-order valence-corrected chi connectivity index (χ0v) is 10.7. The van der Waals surface area contributed by atoms with E-state index in [9.17, 15) is 4.79 Å². The van der Waals surface area contributed by atoms with Crippen molar-refractivity contribution < 1.29 is 14.6 Å². The Bertz CT molecular complexity index is 581. The topological polar surface area (TPSA) is 75.2 Å². The Hall–Kier alpha value is -1.88. The number of aromatic amines is 1. The van der Waals surface area contributed by atoms with E-state index in [1.807, 2.05) is 20.8 Å². The highest BCUT2D eigenvalue weighted by Crippen LogP contribution is 2.18. The highest BCUT2D eigenvalue weighted by molar-refractivity contribution is 6.00. The van der Waals surface area contributed by atoms with Crippen LogP contribution in [0, 0.1) is 0 Å². The number of aromatic carboxylic acids is 1. The quantitative estimate of drug-likeness (QED) is 0.875. The Morgan fingerprint density at radius 2 is 2.17 bits per heavy atom. The Balaban J connectivity index is 2.33. The average Bonchev–Trinajstić information content (AvgIpc) is 2.67. The van der Waals surface area contributed by atoms with Crippen molar-refractivity contribution in [2.24, 2.45) is 0 Å². The molecule has 0 radical (unpaired) electrons. The molecule has 2 rings (SSSR count). The number of nitrogens with one attached hydrogen (secondary N) is 1. The summed E-state index contributed by atoms with van der Waals surface area (Å²) in [7, 11) is 0. The molecule has 0 aliphatic heterocycles. The summed E-state index contributed by atoms with van der Waals surface area (Å²) in [4.78, 5) is 18.4. The van der Waals surface area contributed by atoms with E-state index in [0.717, 1.165) is 0 Å². The van der Waals surface area contributed by atoms with Crippen LogP contribution in [0.5, 0.6) is 0 Å². The van der Waals surface area contributed by atoms with Gasteiger partial charge in [0.05, 0.1) is 16.7 Å². The van der Waals surface area contributed by atoms with Crippen molar-refractivity contribution in [3.63, 3.8) is 0 Å². The molecule has 0 bridgehead atoms. The summed E-state index contributed by atoms with van der Waals surface area (Å²) < 4.78 is 5.60. The largest absolute Gasteiger partial charge is 0.478 e. The zero-order valence-electron chi connectivity index (χ0n) is 10.7. The Morgan fingerprint density at radius 3 is 2.78 bits per heavy atom. The van der Waals surface area contributed by atoms with Crippen LogP contribution in [0.25, 0.3) is 11.0 Å². The second-order valence-corrected chi connectivity index (χ2v) is 5.09. The molecular formula is C13H16N2O3. The number of carboxylic acid groups (broad SMARTS) is 1. The molecule has 5 nitrogen and oxygen atoms in total. The number of ether oxygens (including phenoxy) is 1. The number of rotatable bonds is 3. The van der Waals surface area contributed by atoms with E-state index in [-0.39, 0.29) is 11.2 Å². The first-order valence-corrected chi connectivity index (χ1v) is 5.72. The first-order valence-electron chi connectivity index (χ1n) is 5.72. The molecule has 1 aromatic carbocycles. The van der Waals surface area contributed by atoms with Gasteiger partial charge in [0.2, 0.25) is 0 Å². The fraction of sp³-hybridized carbons (Fsp3) is 0.385. The van der Waals surface area contributed by atoms with Crippen LogP contribution in [0.3, 0.4) is 0 Å². The van der Waals surface area contributed by atoms with Gasteiger partial charge in [-0.05, 0) is 32.9 Å². The molecule has 0 aliphatic rings. The summed E-state index contributed by atoms with van der Waals surface area (Å²) in [6, 6.07) is 5.04. The van der Waals surface area contributed by atoms with Crippen LogP contribution >= 0.6 is 0 Å². The molecular weight excluding hydrogens is 232 g/mol. The van der Waals surface area contributed by atoms with E-state index >= 15 is 0 Å². The molecule has 0 spiro atoms. The first-order chi connectivity index (χ1) is 8.37. The van der Waals surface area contributed by atoms with Crippen LogP contribution in [-0.2, 0) is 11.3 Å². The number of para-hydroxylation sites is 1. The van der Waals surface area contributed by atoms with Crippen molar-refractivity contribution in [2.45, 2.75) is 33.0 Å². The van der Waals surface area contributed by atoms with Crippen LogP contribution in [0.15, 0.2) is 18.2 Å². The van der Waals surface area contributed by atoms with E-state index < -0.39 is 5.97 Å². The number of imidazole rings is 1. The van der Waals surface area contributed by atoms with Crippen LogP contribution in [-0.4, -0.2) is 26.6 Å². The summed E-state index contributed by atoms with van der Waals surface area (Å²) in [5, 5.41) is 9.07. The fourth-order valence-corrected chi connectivity index (χ4v) is 1.61. The predicted molar refractivity (Wildman–Crippen MR) is 67.6 cm³/mol. The van der Waals surface area contributed by atoms with Crippen molar-refractivity contribution in [3.05, 3.63) is 29.6 Å². The SMILES string of the molecule is CC(C)(C)OCc1nc2c(C(=O)O)cccc2[nH]1. The molecule has 0 saturated carbocycles. The van der Waals surface area contributed by atoms with Gasteiger partial charge in [0.25, 0.3) is 0 Å². The van der Waals surface area contributed by atoms with E-state index in [4.69, 9.17) is 9.84 Å². The molecule has 2 N–H and O–H groups in total. The second-order valence-electron chi connectivity index (χ2n) is 5.09. The molecule has 1 heterocycles. The maximum Gasteiger partial charge on any atom is 0.337 e. The lowest BCUT2D eigenvalue weighted by Gasteiger charge is -2.18. The average molecular weight is 248 g/mol. The molecule has 2 aromatic rings. The number of carbonyl (C=O) groups is 1. The maximum atomic E-state index is 11.1. The Labute approximate surface area is 105 Å². The third-order valence-corrected chi connectivity index (χ3v) is 2.43. The third-order valence-electron chi connectivity index (χ3n) is 2.43. The van der Waals surface area contributed by atoms with Gasteiger partial charge < -0.3 is 14.8 Å². The summed E-state index contributed by atoms with van der Waals surface area (Å²) in [5.74, 6) is -0.344. The minimum absolute atomic E-state index is 0.200. The lowest BCUT2D eigenvalue weighted by Crippen LogP contribution is -2.19. The predicted octanol–water partition coefficient (Wildman–Crippen LogP) is 2.58. The minimum Gasteiger partial charge on any atom is -0.478 e. The van der Waals surface area contributed by atoms with E-state index in [1.165, 1.54) is 0 Å². The number of hydrogen-bond donors (Lipinski definition) is 2. The molecule has 0 aliphatic carbocycles. The van der Waals surface area contributed by atoms with Crippen LogP contribution < -0.4 is 0 Å². The number of fused-ring (bicyclic) bond motifs is 1. The van der Waals surface area contributed by atoms with E-state index in [0.29, 0.717) is 23.5 Å². The molecule has 0 atom stereocenters. The number of aromatic nitrogens is 2. The van der Waals surface area contributed by atoms with Crippen LogP contribution in [0.2, 0.25) is 0 Å². The number of nitrogens with zero attached hydrogens (tertiary/aromatic N) is 1. The number of hydrogen-bond acceptors (Lipinski definition) is 3. The van der Waals surface area contributed by atoms with Crippen molar-refractivity contribution in [1.29, 1.82) is 0 Å². The van der Waals surface area contributed by atoms with Crippen molar-refractivity contribution in [1.82, 2.24) is 9.97 Å². The normalized spacial score (nSPS) is 11.9. The van der Waals surface area contributed by atoms with Gasteiger partial charge in [0.15, 0.2) is 0 Å². The molecule has 0 saturated heterocycles. The second kappa shape index (κ2) is 4.42. The third kappa shape index (κ3) is 2.68. The molecule has 1 aromatic heterocycles. The minimum atomic E-state index is -0.976. The lowest BCUT2D eigenvalue weighted by atomic mass is 10.2. The van der Waals surface area contributed by atoms with Crippen LogP contribution in [0.1, 0.15) is 37.0 Å². The highest BCUT2D eigenvalue weighted by Gasteiger charge is 2.15. The van der Waals surface area contributed by atoms with Crippen molar-refractivity contribution >= 4 is 17.0 Å². The van der Waals surface area contributed by atoms with Gasteiger partial charge in [-0.1, -0.05) is 6.07 Å². The van der Waals surface area contributed by atoms with Crippen molar-refractivity contribution in [2.75, 3.05) is 0 Å². The number of carboxylic acids is 1. The van der Waals surface area contributed by atoms with Gasteiger partial charge in [0, 0.05) is 0 Å². The van der Waals surface area contributed by atoms with E-state index in [1.54, 1.807) is 18.2 Å². The van der Waals surface area contributed by atoms with Crippen molar-refractivity contribution in [3.8, 4) is 0 Å². The highest BCUT2D eigenvalue weighted by atomic mass is 16.5. The molecule has 96 valence electrons. The smallest absolute Gasteiger partial charge is 0.337 e. The van der Waals surface area contributed by atoms with E-state index in [2.05, 4.69) is 9.97 Å². The summed E-state index contributed by atoms with van der Waals surface area (Å²) in [6.07, 6.45) is 0. The number of benzene rings is 1. The Kier molecular flexibility index (Phi) is 3.09. The lowest BCUT2D eigenvalue weighted by molar-refractivity contribution is -0.0177. The molecule has 18 heavy (non-hydrogen) atoms. The standard InChI is InChI=1S/C13H16N2O3/c1-13(2,3)18-7-10-14-9-6-4-5-8(12(16)17)11(9)15-10/h4-6H,7H2,1-3H3,(H,14,15)(H,16,17). The first kappa shape index (κ1) is 12.6. The van der Waals surface area contributed by atoms with Gasteiger partial charge >= 0.3 is 5.97 Å². The van der Waals surface area contributed by atoms with Gasteiger partial charge in [0.1, 0.15) is 17.9 Å². The molecule has 5 heteroatoms. The van der Waals surface area contributed by atoms with Gasteiger partial charge in [-0.3, -0.25) is 0 Å². The molecule has 0 amide bonds. The monoisotopic (exact) mass is 248 g/mol. The fourth-order valence-electron chi connectivity index (χ4n) is 1.61. The molecule has 0 fully saturated rings.